The lowest BCUT2D eigenvalue weighted by Crippen LogP contribution is -2.33. The van der Waals surface area contributed by atoms with Gasteiger partial charge in [-0.05, 0) is 42.9 Å². The van der Waals surface area contributed by atoms with E-state index < -0.39 is 0 Å². The van der Waals surface area contributed by atoms with Gasteiger partial charge in [-0.2, -0.15) is 12.6 Å². The van der Waals surface area contributed by atoms with Crippen LogP contribution in [-0.4, -0.2) is 29.8 Å². The molecule has 2 aliphatic carbocycles. The number of hydrogen-bond acceptors (Lipinski definition) is 2. The van der Waals surface area contributed by atoms with Crippen molar-refractivity contribution in [3.8, 4) is 0 Å². The molecule has 1 aromatic carbocycles. The molecule has 1 atom stereocenters. The number of thiol groups is 1. The molecule has 1 nitrogen and oxygen atoms in total. The Bertz CT molecular complexity index is 370. The third kappa shape index (κ3) is 3.30. The molecule has 0 saturated heterocycles. The van der Waals surface area contributed by atoms with Crippen molar-refractivity contribution in [3.05, 3.63) is 35.9 Å². The van der Waals surface area contributed by atoms with Crippen LogP contribution < -0.4 is 0 Å². The predicted molar refractivity (Wildman–Crippen MR) is 80.4 cm³/mol. The van der Waals surface area contributed by atoms with Crippen molar-refractivity contribution in [2.45, 2.75) is 37.6 Å². The van der Waals surface area contributed by atoms with E-state index in [4.69, 9.17) is 0 Å². The fourth-order valence-corrected chi connectivity index (χ4v) is 3.05. The van der Waals surface area contributed by atoms with Gasteiger partial charge >= 0.3 is 0 Å². The van der Waals surface area contributed by atoms with Gasteiger partial charge in [-0.1, -0.05) is 30.3 Å². The normalized spacial score (nSPS) is 21.2. The minimum absolute atomic E-state index is 0.592. The molecule has 3 rings (SSSR count). The number of nitrogens with zero attached hydrogens (tertiary/aromatic N) is 1. The highest BCUT2D eigenvalue weighted by Gasteiger charge is 2.34. The predicted octanol–water partition coefficient (Wildman–Crippen LogP) is 3.57. The van der Waals surface area contributed by atoms with Crippen molar-refractivity contribution in [3.63, 3.8) is 0 Å². The molecular formula is C16H23NS. The smallest absolute Gasteiger partial charge is 0.00967 e. The van der Waals surface area contributed by atoms with Crippen LogP contribution in [0, 0.1) is 5.92 Å². The summed E-state index contributed by atoms with van der Waals surface area (Å²) in [7, 11) is 0. The van der Waals surface area contributed by atoms with Crippen molar-refractivity contribution in [2.75, 3.05) is 18.8 Å². The summed E-state index contributed by atoms with van der Waals surface area (Å²) in [4.78, 5) is 2.74. The molecule has 18 heavy (non-hydrogen) atoms. The second-order valence-electron chi connectivity index (χ2n) is 5.92. The molecule has 0 amide bonds. The molecule has 2 saturated carbocycles. The zero-order valence-electron chi connectivity index (χ0n) is 11.0. The van der Waals surface area contributed by atoms with Crippen LogP contribution in [0.4, 0.5) is 0 Å². The molecule has 2 aliphatic rings. The van der Waals surface area contributed by atoms with E-state index in [0.717, 1.165) is 17.7 Å². The second kappa shape index (κ2) is 5.66. The molecule has 0 aromatic heterocycles. The van der Waals surface area contributed by atoms with Gasteiger partial charge < -0.3 is 0 Å². The Balaban J connectivity index is 1.63. The Morgan fingerprint density at radius 3 is 2.39 bits per heavy atom. The Morgan fingerprint density at radius 1 is 1.11 bits per heavy atom. The summed E-state index contributed by atoms with van der Waals surface area (Å²) in [5.41, 5.74) is 1.45. The number of rotatable bonds is 7. The van der Waals surface area contributed by atoms with Crippen LogP contribution in [0.25, 0.3) is 0 Å². The summed E-state index contributed by atoms with van der Waals surface area (Å²) < 4.78 is 0. The largest absolute Gasteiger partial charge is 0.299 e. The molecule has 0 radical (unpaired) electrons. The van der Waals surface area contributed by atoms with Crippen molar-refractivity contribution in [1.82, 2.24) is 4.90 Å². The van der Waals surface area contributed by atoms with E-state index in [-0.39, 0.29) is 0 Å². The summed E-state index contributed by atoms with van der Waals surface area (Å²) in [5.74, 6) is 2.55. The van der Waals surface area contributed by atoms with Crippen molar-refractivity contribution in [2.24, 2.45) is 5.92 Å². The Kier molecular flexibility index (Phi) is 3.95. The van der Waals surface area contributed by atoms with Crippen LogP contribution in [0.2, 0.25) is 0 Å². The molecule has 2 fully saturated rings. The summed E-state index contributed by atoms with van der Waals surface area (Å²) in [6.07, 6.45) is 5.75. The van der Waals surface area contributed by atoms with Crippen molar-refractivity contribution in [1.29, 1.82) is 0 Å². The average molecular weight is 261 g/mol. The number of hydrogen-bond donors (Lipinski definition) is 1. The molecule has 2 heteroatoms. The zero-order chi connectivity index (χ0) is 12.4. The average Bonchev–Trinajstić information content (AvgIpc) is 3.28. The first-order valence-corrected chi connectivity index (χ1v) is 7.90. The third-order valence-electron chi connectivity index (χ3n) is 4.20. The molecule has 0 N–H and O–H groups in total. The van der Waals surface area contributed by atoms with Gasteiger partial charge in [0, 0.05) is 25.0 Å². The molecule has 0 bridgehead atoms. The molecular weight excluding hydrogens is 238 g/mol. The first-order valence-electron chi connectivity index (χ1n) is 7.26. The lowest BCUT2D eigenvalue weighted by atomic mass is 10.0. The monoisotopic (exact) mass is 261 g/mol. The van der Waals surface area contributed by atoms with E-state index in [1.54, 1.807) is 0 Å². The summed E-state index contributed by atoms with van der Waals surface area (Å²) in [6.45, 7) is 2.54. The molecule has 0 spiro atoms. The summed E-state index contributed by atoms with van der Waals surface area (Å²) in [6, 6.07) is 11.8. The SMILES string of the molecule is SCC(CN(CC1CC1)C1CC1)c1ccccc1. The second-order valence-corrected chi connectivity index (χ2v) is 6.28. The maximum atomic E-state index is 4.57. The van der Waals surface area contributed by atoms with E-state index in [1.807, 2.05) is 0 Å². The van der Waals surface area contributed by atoms with Gasteiger partial charge in [-0.25, -0.2) is 0 Å². The van der Waals surface area contributed by atoms with Gasteiger partial charge in [-0.3, -0.25) is 4.90 Å². The van der Waals surface area contributed by atoms with Gasteiger partial charge in [0.05, 0.1) is 0 Å². The van der Waals surface area contributed by atoms with Crippen LogP contribution in [0.1, 0.15) is 37.2 Å². The Morgan fingerprint density at radius 2 is 1.83 bits per heavy atom. The summed E-state index contributed by atoms with van der Waals surface area (Å²) >= 11 is 4.57. The van der Waals surface area contributed by atoms with E-state index in [9.17, 15) is 0 Å². The fraction of sp³-hybridized carbons (Fsp3) is 0.625. The van der Waals surface area contributed by atoms with Crippen molar-refractivity contribution >= 4 is 12.6 Å². The van der Waals surface area contributed by atoms with E-state index in [2.05, 4.69) is 47.9 Å². The molecule has 98 valence electrons. The van der Waals surface area contributed by atoms with Crippen molar-refractivity contribution < 1.29 is 0 Å². The van der Waals surface area contributed by atoms with Crippen LogP contribution >= 0.6 is 12.6 Å². The molecule has 1 aromatic rings. The lowest BCUT2D eigenvalue weighted by Gasteiger charge is -2.27. The minimum atomic E-state index is 0.592. The van der Waals surface area contributed by atoms with Crippen LogP contribution in [-0.2, 0) is 0 Å². The van der Waals surface area contributed by atoms with Gasteiger partial charge in [0.25, 0.3) is 0 Å². The topological polar surface area (TPSA) is 3.24 Å². The quantitative estimate of drug-likeness (QED) is 0.734. The third-order valence-corrected chi connectivity index (χ3v) is 4.64. The van der Waals surface area contributed by atoms with Crippen LogP contribution in [0.5, 0.6) is 0 Å². The first-order chi connectivity index (χ1) is 8.86. The maximum Gasteiger partial charge on any atom is 0.00967 e. The Hall–Kier alpha value is -0.470. The standard InChI is InChI=1S/C16H23NS/c18-12-15(14-4-2-1-3-5-14)11-17(16-8-9-16)10-13-6-7-13/h1-5,13,15-16,18H,6-12H2. The molecule has 0 heterocycles. The minimum Gasteiger partial charge on any atom is -0.299 e. The van der Waals surface area contributed by atoms with E-state index in [1.165, 1.54) is 44.3 Å². The highest BCUT2D eigenvalue weighted by atomic mass is 32.1. The maximum absolute atomic E-state index is 4.57. The van der Waals surface area contributed by atoms with E-state index in [0.29, 0.717) is 5.92 Å². The van der Waals surface area contributed by atoms with Gasteiger partial charge in [0.2, 0.25) is 0 Å². The summed E-state index contributed by atoms with van der Waals surface area (Å²) in [5, 5.41) is 0. The van der Waals surface area contributed by atoms with Crippen LogP contribution in [0.3, 0.4) is 0 Å². The van der Waals surface area contributed by atoms with Gasteiger partial charge in [-0.15, -0.1) is 0 Å². The first kappa shape index (κ1) is 12.6. The number of benzene rings is 1. The highest BCUT2D eigenvalue weighted by Crippen LogP contribution is 2.36. The van der Waals surface area contributed by atoms with Gasteiger partial charge in [0.15, 0.2) is 0 Å². The Labute approximate surface area is 116 Å². The fourth-order valence-electron chi connectivity index (χ4n) is 2.72. The highest BCUT2D eigenvalue weighted by molar-refractivity contribution is 7.80. The molecule has 1 unspecified atom stereocenters. The van der Waals surface area contributed by atoms with Gasteiger partial charge in [0.1, 0.15) is 0 Å². The molecule has 0 aliphatic heterocycles. The lowest BCUT2D eigenvalue weighted by molar-refractivity contribution is 0.242. The zero-order valence-corrected chi connectivity index (χ0v) is 11.9. The van der Waals surface area contributed by atoms with Crippen LogP contribution in [0.15, 0.2) is 30.3 Å². The van der Waals surface area contributed by atoms with E-state index >= 15 is 0 Å².